The first-order valence-corrected chi connectivity index (χ1v) is 6.80. The van der Waals surface area contributed by atoms with E-state index in [4.69, 9.17) is 4.42 Å². The summed E-state index contributed by atoms with van der Waals surface area (Å²) >= 11 is 0. The van der Waals surface area contributed by atoms with Crippen LogP contribution < -0.4 is 16.3 Å². The topological polar surface area (TPSA) is 91.6 Å². The van der Waals surface area contributed by atoms with Gasteiger partial charge in [0.2, 0.25) is 5.91 Å². The van der Waals surface area contributed by atoms with Gasteiger partial charge < -0.3 is 20.2 Å². The summed E-state index contributed by atoms with van der Waals surface area (Å²) in [5.74, 6) is -0.207. The number of anilines is 1. The summed E-state index contributed by atoms with van der Waals surface area (Å²) in [5, 5.41) is 16.0. The molecule has 1 saturated heterocycles. The maximum absolute atomic E-state index is 12.1. The highest BCUT2D eigenvalue weighted by Crippen LogP contribution is 2.21. The Morgan fingerprint density at radius 2 is 2.24 bits per heavy atom. The van der Waals surface area contributed by atoms with E-state index in [1.807, 2.05) is 6.92 Å². The van der Waals surface area contributed by atoms with Crippen molar-refractivity contribution in [2.75, 3.05) is 11.9 Å². The van der Waals surface area contributed by atoms with Crippen molar-refractivity contribution < 1.29 is 14.3 Å². The number of nitrogens with one attached hydrogen (secondary N) is 2. The first kappa shape index (κ1) is 13.8. The van der Waals surface area contributed by atoms with Crippen LogP contribution in [0.4, 0.5) is 5.69 Å². The van der Waals surface area contributed by atoms with Gasteiger partial charge in [0, 0.05) is 29.8 Å². The number of hydrogen-bond donors (Lipinski definition) is 3. The second-order valence-corrected chi connectivity index (χ2v) is 5.30. The number of hydrogen-bond acceptors (Lipinski definition) is 5. The Kier molecular flexibility index (Phi) is 3.48. The normalized spacial score (nSPS) is 21.6. The molecule has 3 N–H and O–H groups in total. The Hall–Kier alpha value is -2.18. The van der Waals surface area contributed by atoms with Crippen molar-refractivity contribution >= 4 is 22.6 Å². The summed E-state index contributed by atoms with van der Waals surface area (Å²) in [7, 11) is 0. The average molecular weight is 288 g/mol. The molecule has 110 valence electrons. The minimum Gasteiger partial charge on any atom is -0.423 e. The first-order chi connectivity index (χ1) is 10.0. The summed E-state index contributed by atoms with van der Waals surface area (Å²) in [5.41, 5.74) is 1.42. The predicted octanol–water partition coefficient (Wildman–Crippen LogP) is 0.763. The van der Waals surface area contributed by atoms with Crippen LogP contribution in [0.5, 0.6) is 0 Å². The number of benzene rings is 1. The minimum atomic E-state index is -0.488. The van der Waals surface area contributed by atoms with E-state index in [-0.39, 0.29) is 5.91 Å². The molecule has 2 heterocycles. The Balaban J connectivity index is 1.84. The highest BCUT2D eigenvalue weighted by atomic mass is 16.4. The number of carbonyl (C=O) groups is 1. The van der Waals surface area contributed by atoms with Gasteiger partial charge >= 0.3 is 5.63 Å². The lowest BCUT2D eigenvalue weighted by atomic mass is 10.1. The molecular weight excluding hydrogens is 272 g/mol. The fourth-order valence-electron chi connectivity index (χ4n) is 2.55. The Bertz CT molecular complexity index is 753. The summed E-state index contributed by atoms with van der Waals surface area (Å²) < 4.78 is 5.14. The van der Waals surface area contributed by atoms with E-state index < -0.39 is 17.8 Å². The fraction of sp³-hybridized carbons (Fsp3) is 0.333. The van der Waals surface area contributed by atoms with E-state index in [1.165, 1.54) is 6.07 Å². The second-order valence-electron chi connectivity index (χ2n) is 5.30. The standard InChI is InChI=1S/C15H16N2O4/c1-8-4-14(19)21-13-5-9(2-3-11(8)13)17-15(20)12-6-10(18)7-16-12/h2-5,10,12,16,18H,6-7H2,1H3,(H,17,20)/t10?,12-/m0/s1. The molecule has 1 aliphatic rings. The van der Waals surface area contributed by atoms with Gasteiger partial charge in [0.15, 0.2) is 0 Å². The molecule has 1 unspecified atom stereocenters. The number of fused-ring (bicyclic) bond motifs is 1. The molecule has 0 saturated carbocycles. The number of amides is 1. The van der Waals surface area contributed by atoms with E-state index >= 15 is 0 Å². The quantitative estimate of drug-likeness (QED) is 0.710. The van der Waals surface area contributed by atoms with Gasteiger partial charge in [-0.2, -0.15) is 0 Å². The van der Waals surface area contributed by atoms with Crippen LogP contribution in [0.3, 0.4) is 0 Å². The first-order valence-electron chi connectivity index (χ1n) is 6.80. The Morgan fingerprint density at radius 3 is 2.95 bits per heavy atom. The molecule has 2 atom stereocenters. The highest BCUT2D eigenvalue weighted by molar-refractivity contribution is 5.97. The fourth-order valence-corrected chi connectivity index (χ4v) is 2.55. The van der Waals surface area contributed by atoms with Crippen molar-refractivity contribution in [3.8, 4) is 0 Å². The van der Waals surface area contributed by atoms with Crippen LogP contribution in [-0.4, -0.2) is 29.7 Å². The number of β-amino-alcohol motifs (C(OH)–C–C–N with tert-alkyl or cyclic N) is 1. The highest BCUT2D eigenvalue weighted by Gasteiger charge is 2.28. The van der Waals surface area contributed by atoms with Crippen molar-refractivity contribution in [1.29, 1.82) is 0 Å². The maximum Gasteiger partial charge on any atom is 0.336 e. The van der Waals surface area contributed by atoms with E-state index in [0.29, 0.717) is 24.2 Å². The van der Waals surface area contributed by atoms with Gasteiger partial charge in [0.1, 0.15) is 5.58 Å². The van der Waals surface area contributed by atoms with Crippen LogP contribution in [0.25, 0.3) is 11.0 Å². The number of aryl methyl sites for hydroxylation is 1. The number of rotatable bonds is 2. The summed E-state index contributed by atoms with van der Waals surface area (Å²) in [6, 6.07) is 6.23. The van der Waals surface area contributed by atoms with Crippen molar-refractivity contribution in [3.63, 3.8) is 0 Å². The zero-order chi connectivity index (χ0) is 15.0. The lowest BCUT2D eigenvalue weighted by Crippen LogP contribution is -2.35. The van der Waals surface area contributed by atoms with Gasteiger partial charge in [0.25, 0.3) is 0 Å². The van der Waals surface area contributed by atoms with Gasteiger partial charge in [-0.1, -0.05) is 0 Å². The van der Waals surface area contributed by atoms with Gasteiger partial charge in [-0.25, -0.2) is 4.79 Å². The van der Waals surface area contributed by atoms with E-state index in [0.717, 1.165) is 10.9 Å². The third kappa shape index (κ3) is 2.81. The lowest BCUT2D eigenvalue weighted by Gasteiger charge is -2.11. The molecule has 1 amide bonds. The molecule has 0 bridgehead atoms. The van der Waals surface area contributed by atoms with Crippen molar-refractivity contribution in [2.24, 2.45) is 0 Å². The zero-order valence-corrected chi connectivity index (χ0v) is 11.6. The summed E-state index contributed by atoms with van der Waals surface area (Å²) in [4.78, 5) is 23.4. The molecule has 0 radical (unpaired) electrons. The van der Waals surface area contributed by atoms with Crippen LogP contribution >= 0.6 is 0 Å². The van der Waals surface area contributed by atoms with Gasteiger partial charge in [-0.3, -0.25) is 4.79 Å². The Morgan fingerprint density at radius 1 is 1.43 bits per heavy atom. The van der Waals surface area contributed by atoms with Crippen LogP contribution in [0.1, 0.15) is 12.0 Å². The van der Waals surface area contributed by atoms with Gasteiger partial charge in [-0.15, -0.1) is 0 Å². The van der Waals surface area contributed by atoms with Crippen molar-refractivity contribution in [2.45, 2.75) is 25.5 Å². The average Bonchev–Trinajstić information content (AvgIpc) is 2.85. The van der Waals surface area contributed by atoms with Crippen molar-refractivity contribution in [3.05, 3.63) is 40.2 Å². The van der Waals surface area contributed by atoms with Crippen LogP contribution in [0.15, 0.2) is 33.5 Å². The number of carbonyl (C=O) groups excluding carboxylic acids is 1. The number of aliphatic hydroxyl groups is 1. The van der Waals surface area contributed by atoms with E-state index in [9.17, 15) is 14.7 Å². The molecule has 1 aromatic heterocycles. The third-order valence-corrected chi connectivity index (χ3v) is 3.64. The molecule has 0 aliphatic carbocycles. The minimum absolute atomic E-state index is 0.207. The molecular formula is C15H16N2O4. The summed E-state index contributed by atoms with van der Waals surface area (Å²) in [6.07, 6.45) is -0.0915. The molecule has 0 spiro atoms. The molecule has 6 nitrogen and oxygen atoms in total. The molecule has 1 aromatic carbocycles. The summed E-state index contributed by atoms with van der Waals surface area (Å²) in [6.45, 7) is 2.26. The van der Waals surface area contributed by atoms with E-state index in [2.05, 4.69) is 10.6 Å². The zero-order valence-electron chi connectivity index (χ0n) is 11.6. The van der Waals surface area contributed by atoms with E-state index in [1.54, 1.807) is 18.2 Å². The van der Waals surface area contributed by atoms with Gasteiger partial charge in [0.05, 0.1) is 12.1 Å². The molecule has 1 aliphatic heterocycles. The monoisotopic (exact) mass is 288 g/mol. The Labute approximate surface area is 120 Å². The maximum atomic E-state index is 12.1. The van der Waals surface area contributed by atoms with Gasteiger partial charge in [-0.05, 0) is 31.0 Å². The number of aliphatic hydroxyl groups excluding tert-OH is 1. The van der Waals surface area contributed by atoms with Crippen LogP contribution in [0.2, 0.25) is 0 Å². The predicted molar refractivity (Wildman–Crippen MR) is 78.3 cm³/mol. The molecule has 6 heteroatoms. The van der Waals surface area contributed by atoms with Crippen LogP contribution in [0, 0.1) is 6.92 Å². The van der Waals surface area contributed by atoms with Crippen molar-refractivity contribution in [1.82, 2.24) is 5.32 Å². The smallest absolute Gasteiger partial charge is 0.336 e. The molecule has 1 fully saturated rings. The van der Waals surface area contributed by atoms with Crippen LogP contribution in [-0.2, 0) is 4.79 Å². The second kappa shape index (κ2) is 5.31. The SMILES string of the molecule is Cc1cc(=O)oc2cc(NC(=O)[C@@H]3CC(O)CN3)ccc12. The molecule has 3 rings (SSSR count). The lowest BCUT2D eigenvalue weighted by molar-refractivity contribution is -0.117. The largest absolute Gasteiger partial charge is 0.423 e. The molecule has 2 aromatic rings. The molecule has 21 heavy (non-hydrogen) atoms. The third-order valence-electron chi connectivity index (χ3n) is 3.64.